The van der Waals surface area contributed by atoms with Gasteiger partial charge in [-0.25, -0.2) is 9.59 Å². The van der Waals surface area contributed by atoms with Crippen molar-refractivity contribution in [2.24, 2.45) is 5.92 Å². The van der Waals surface area contributed by atoms with E-state index in [1.807, 2.05) is 51.1 Å². The third-order valence-electron chi connectivity index (χ3n) is 4.08. The summed E-state index contributed by atoms with van der Waals surface area (Å²) in [5, 5.41) is 5.71. The molecule has 2 rings (SSSR count). The molecule has 6 nitrogen and oxygen atoms in total. The molecule has 138 valence electrons. The Morgan fingerprint density at radius 3 is 2.52 bits per heavy atom. The first-order valence-corrected chi connectivity index (χ1v) is 8.77. The average Bonchev–Trinajstić information content (AvgIpc) is 2.97. The molecular weight excluding hydrogens is 320 g/mol. The summed E-state index contributed by atoms with van der Waals surface area (Å²) < 4.78 is 10.5. The van der Waals surface area contributed by atoms with E-state index in [4.69, 9.17) is 9.47 Å². The Morgan fingerprint density at radius 1 is 1.12 bits per heavy atom. The van der Waals surface area contributed by atoms with E-state index in [9.17, 15) is 9.59 Å². The van der Waals surface area contributed by atoms with Crippen molar-refractivity contribution in [3.63, 3.8) is 0 Å². The third kappa shape index (κ3) is 7.03. The summed E-state index contributed by atoms with van der Waals surface area (Å²) in [6.45, 7) is 6.22. The van der Waals surface area contributed by atoms with Gasteiger partial charge in [-0.15, -0.1) is 0 Å². The van der Waals surface area contributed by atoms with Crippen molar-refractivity contribution in [2.45, 2.75) is 58.3 Å². The lowest BCUT2D eigenvalue weighted by Crippen LogP contribution is -2.43. The number of rotatable bonds is 5. The number of carbonyl (C=O) groups is 2. The number of hydrogen-bond acceptors (Lipinski definition) is 4. The van der Waals surface area contributed by atoms with Crippen LogP contribution in [0.2, 0.25) is 0 Å². The van der Waals surface area contributed by atoms with E-state index in [1.165, 1.54) is 0 Å². The molecule has 2 amide bonds. The quantitative estimate of drug-likeness (QED) is 0.852. The smallest absolute Gasteiger partial charge is 0.407 e. The molecule has 1 aliphatic rings. The number of nitrogens with one attached hydrogen (secondary N) is 2. The molecule has 1 fully saturated rings. The van der Waals surface area contributed by atoms with E-state index in [0.717, 1.165) is 24.8 Å². The predicted octanol–water partition coefficient (Wildman–Crippen LogP) is 3.61. The SMILES string of the molecule is CC(C)(C)OC(=O)NC[C@@H]1CCC[C@H]1NC(=O)OCc1ccccc1. The normalized spacial score (nSPS) is 20.0. The summed E-state index contributed by atoms with van der Waals surface area (Å²) in [5.74, 6) is 0.191. The molecule has 0 unspecified atom stereocenters. The van der Waals surface area contributed by atoms with E-state index in [-0.39, 0.29) is 18.6 Å². The van der Waals surface area contributed by atoms with Crippen molar-refractivity contribution in [3.05, 3.63) is 35.9 Å². The molecule has 0 aromatic heterocycles. The zero-order chi connectivity index (χ0) is 18.3. The van der Waals surface area contributed by atoms with Crippen LogP contribution in [0, 0.1) is 5.92 Å². The van der Waals surface area contributed by atoms with E-state index >= 15 is 0 Å². The minimum atomic E-state index is -0.515. The van der Waals surface area contributed by atoms with Crippen LogP contribution < -0.4 is 10.6 Å². The number of amides is 2. The fourth-order valence-corrected chi connectivity index (χ4v) is 2.92. The summed E-state index contributed by atoms with van der Waals surface area (Å²) >= 11 is 0. The number of hydrogen-bond donors (Lipinski definition) is 2. The van der Waals surface area contributed by atoms with Crippen LogP contribution in [0.5, 0.6) is 0 Å². The average molecular weight is 348 g/mol. The van der Waals surface area contributed by atoms with Crippen molar-refractivity contribution in [1.82, 2.24) is 10.6 Å². The van der Waals surface area contributed by atoms with Gasteiger partial charge in [0.2, 0.25) is 0 Å². The van der Waals surface area contributed by atoms with E-state index in [0.29, 0.717) is 6.54 Å². The number of benzene rings is 1. The van der Waals surface area contributed by atoms with Gasteiger partial charge in [0, 0.05) is 12.6 Å². The van der Waals surface area contributed by atoms with Crippen molar-refractivity contribution >= 4 is 12.2 Å². The number of carbonyl (C=O) groups excluding carboxylic acids is 2. The van der Waals surface area contributed by atoms with Crippen LogP contribution in [-0.2, 0) is 16.1 Å². The molecule has 0 heterocycles. The Balaban J connectivity index is 1.73. The first-order chi connectivity index (χ1) is 11.8. The Kier molecular flexibility index (Phi) is 6.67. The Bertz CT molecular complexity index is 569. The molecule has 0 bridgehead atoms. The van der Waals surface area contributed by atoms with Crippen LogP contribution in [0.25, 0.3) is 0 Å². The second-order valence-electron chi connectivity index (χ2n) is 7.39. The fraction of sp³-hybridized carbons (Fsp3) is 0.579. The highest BCUT2D eigenvalue weighted by atomic mass is 16.6. The summed E-state index contributed by atoms with van der Waals surface area (Å²) in [6, 6.07) is 9.58. The predicted molar refractivity (Wildman–Crippen MR) is 95.1 cm³/mol. The minimum absolute atomic E-state index is 0.0122. The van der Waals surface area contributed by atoms with Gasteiger partial charge < -0.3 is 20.1 Å². The molecule has 1 aliphatic carbocycles. The molecule has 25 heavy (non-hydrogen) atoms. The molecule has 0 spiro atoms. The second-order valence-corrected chi connectivity index (χ2v) is 7.39. The molecule has 1 aromatic rings. The summed E-state index contributed by atoms with van der Waals surface area (Å²) in [6.07, 6.45) is 2.02. The molecule has 6 heteroatoms. The lowest BCUT2D eigenvalue weighted by molar-refractivity contribution is 0.0517. The van der Waals surface area contributed by atoms with Crippen molar-refractivity contribution in [1.29, 1.82) is 0 Å². The Labute approximate surface area is 149 Å². The molecule has 0 aliphatic heterocycles. The highest BCUT2D eigenvalue weighted by molar-refractivity contribution is 5.68. The van der Waals surface area contributed by atoms with Gasteiger partial charge in [-0.2, -0.15) is 0 Å². The van der Waals surface area contributed by atoms with Crippen molar-refractivity contribution < 1.29 is 19.1 Å². The van der Waals surface area contributed by atoms with Crippen molar-refractivity contribution in [2.75, 3.05) is 6.54 Å². The van der Waals surface area contributed by atoms with Crippen LogP contribution in [0.15, 0.2) is 30.3 Å². The lowest BCUT2D eigenvalue weighted by Gasteiger charge is -2.23. The van der Waals surface area contributed by atoms with E-state index < -0.39 is 17.8 Å². The maximum Gasteiger partial charge on any atom is 0.407 e. The zero-order valence-electron chi connectivity index (χ0n) is 15.2. The first-order valence-electron chi connectivity index (χ1n) is 8.77. The van der Waals surface area contributed by atoms with Crippen molar-refractivity contribution in [3.8, 4) is 0 Å². The topological polar surface area (TPSA) is 76.7 Å². The molecule has 0 radical (unpaired) electrons. The van der Waals surface area contributed by atoms with Crippen LogP contribution in [0.3, 0.4) is 0 Å². The van der Waals surface area contributed by atoms with E-state index in [1.54, 1.807) is 0 Å². The Morgan fingerprint density at radius 2 is 1.84 bits per heavy atom. The number of alkyl carbamates (subject to hydrolysis) is 2. The zero-order valence-corrected chi connectivity index (χ0v) is 15.2. The monoisotopic (exact) mass is 348 g/mol. The standard InChI is InChI=1S/C19H28N2O4/c1-19(2,3)25-17(22)20-12-15-10-7-11-16(15)21-18(23)24-13-14-8-5-4-6-9-14/h4-6,8-9,15-16H,7,10-13H2,1-3H3,(H,20,22)(H,21,23)/t15-,16+/m0/s1. The summed E-state index contributed by atoms with van der Waals surface area (Å²) in [4.78, 5) is 23.8. The molecule has 2 atom stereocenters. The largest absolute Gasteiger partial charge is 0.445 e. The van der Waals surface area contributed by atoms with Gasteiger partial charge >= 0.3 is 12.2 Å². The first kappa shape index (κ1) is 19.1. The number of ether oxygens (including phenoxy) is 2. The maximum atomic E-state index is 12.0. The van der Waals surface area contributed by atoms with Crippen LogP contribution >= 0.6 is 0 Å². The fourth-order valence-electron chi connectivity index (χ4n) is 2.92. The third-order valence-corrected chi connectivity index (χ3v) is 4.08. The van der Waals surface area contributed by atoms with Gasteiger partial charge in [0.15, 0.2) is 0 Å². The van der Waals surface area contributed by atoms with Gasteiger partial charge in [0.05, 0.1) is 0 Å². The minimum Gasteiger partial charge on any atom is -0.445 e. The van der Waals surface area contributed by atoms with Gasteiger partial charge in [-0.1, -0.05) is 36.8 Å². The molecule has 2 N–H and O–H groups in total. The van der Waals surface area contributed by atoms with Crippen LogP contribution in [0.4, 0.5) is 9.59 Å². The summed E-state index contributed by atoms with van der Waals surface area (Å²) in [7, 11) is 0. The molecular formula is C19H28N2O4. The molecule has 1 saturated carbocycles. The lowest BCUT2D eigenvalue weighted by atomic mass is 10.0. The van der Waals surface area contributed by atoms with Gasteiger partial charge in [0.25, 0.3) is 0 Å². The summed E-state index contributed by atoms with van der Waals surface area (Å²) in [5.41, 5.74) is 0.436. The second kappa shape index (κ2) is 8.74. The van der Waals surface area contributed by atoms with Crippen LogP contribution in [0.1, 0.15) is 45.6 Å². The van der Waals surface area contributed by atoms with Crippen LogP contribution in [-0.4, -0.2) is 30.4 Å². The Hall–Kier alpha value is -2.24. The highest BCUT2D eigenvalue weighted by Gasteiger charge is 2.29. The van der Waals surface area contributed by atoms with Gasteiger partial charge in [-0.05, 0) is 45.1 Å². The van der Waals surface area contributed by atoms with E-state index in [2.05, 4.69) is 10.6 Å². The van der Waals surface area contributed by atoms with Gasteiger partial charge in [0.1, 0.15) is 12.2 Å². The maximum absolute atomic E-state index is 12.0. The highest BCUT2D eigenvalue weighted by Crippen LogP contribution is 2.25. The molecule has 1 aromatic carbocycles. The van der Waals surface area contributed by atoms with Gasteiger partial charge in [-0.3, -0.25) is 0 Å². The molecule has 0 saturated heterocycles.